The first kappa shape index (κ1) is 34.0. The zero-order chi connectivity index (χ0) is 30.0. The Hall–Kier alpha value is -2.52. The van der Waals surface area contributed by atoms with Gasteiger partial charge in [0.05, 0.1) is 71.4 Å². The first-order valence-corrected chi connectivity index (χ1v) is 15.7. The number of unbranched alkanes of at least 4 members (excludes halogenated alkanes) is 1. The van der Waals surface area contributed by atoms with E-state index in [0.29, 0.717) is 64.5 Å². The number of nitrogens with one attached hydrogen (secondary N) is 3. The summed E-state index contributed by atoms with van der Waals surface area (Å²) < 4.78 is 26.6. The molecule has 13 nitrogen and oxygen atoms in total. The van der Waals surface area contributed by atoms with Crippen LogP contribution in [0.5, 0.6) is 0 Å². The summed E-state index contributed by atoms with van der Waals surface area (Å²) >= 11 is 1.89. The third kappa shape index (κ3) is 13.2. The van der Waals surface area contributed by atoms with Crippen LogP contribution in [0.3, 0.4) is 0 Å². The van der Waals surface area contributed by atoms with Gasteiger partial charge in [-0.25, -0.2) is 4.79 Å². The minimum absolute atomic E-state index is 0.0210. The van der Waals surface area contributed by atoms with Gasteiger partial charge in [-0.2, -0.15) is 11.8 Å². The van der Waals surface area contributed by atoms with Gasteiger partial charge >= 0.3 is 12.0 Å². The van der Waals surface area contributed by atoms with Crippen molar-refractivity contribution in [2.24, 2.45) is 0 Å². The number of hydrogen-bond donors (Lipinski definition) is 3. The summed E-state index contributed by atoms with van der Waals surface area (Å²) in [4.78, 5) is 58.2. The highest BCUT2D eigenvalue weighted by molar-refractivity contribution is 8.00. The van der Waals surface area contributed by atoms with E-state index in [-0.39, 0.29) is 73.6 Å². The normalized spacial score (nSPS) is 21.5. The number of ether oxygens (including phenoxy) is 5. The maximum absolute atomic E-state index is 12.0. The quantitative estimate of drug-likeness (QED) is 0.0893. The number of hydrogen-bond acceptors (Lipinski definition) is 11. The molecule has 0 aromatic rings. The largest absolute Gasteiger partial charge is 0.461 e. The lowest BCUT2D eigenvalue weighted by atomic mass is 9.98. The molecule has 0 bridgehead atoms. The average molecular weight is 614 g/mol. The van der Waals surface area contributed by atoms with Crippen molar-refractivity contribution in [3.05, 3.63) is 11.6 Å². The van der Waals surface area contributed by atoms with Crippen molar-refractivity contribution in [3.8, 4) is 0 Å². The van der Waals surface area contributed by atoms with Gasteiger partial charge in [0.2, 0.25) is 5.91 Å². The van der Waals surface area contributed by atoms with Gasteiger partial charge in [0.15, 0.2) is 11.6 Å². The minimum atomic E-state index is -0.496. The molecule has 3 aliphatic rings. The van der Waals surface area contributed by atoms with E-state index in [9.17, 15) is 24.0 Å². The van der Waals surface area contributed by atoms with E-state index in [1.807, 2.05) is 11.8 Å². The Balaban J connectivity index is 1.01. The van der Waals surface area contributed by atoms with Gasteiger partial charge in [-0.3, -0.25) is 19.2 Å². The van der Waals surface area contributed by atoms with Gasteiger partial charge in [0.1, 0.15) is 6.61 Å². The minimum Gasteiger partial charge on any atom is -0.461 e. The molecule has 3 N–H and O–H groups in total. The van der Waals surface area contributed by atoms with Crippen LogP contribution in [0.15, 0.2) is 11.6 Å². The van der Waals surface area contributed by atoms with Crippen LogP contribution in [0.25, 0.3) is 0 Å². The van der Waals surface area contributed by atoms with Crippen LogP contribution in [0.1, 0.15) is 44.9 Å². The maximum atomic E-state index is 12.0. The summed E-state index contributed by atoms with van der Waals surface area (Å²) in [5, 5.41) is 9.21. The Kier molecular flexibility index (Phi) is 15.9. The van der Waals surface area contributed by atoms with Crippen molar-refractivity contribution in [1.82, 2.24) is 16.0 Å². The molecular weight excluding hydrogens is 570 g/mol. The van der Waals surface area contributed by atoms with Gasteiger partial charge in [-0.15, -0.1) is 0 Å². The molecule has 2 aliphatic heterocycles. The lowest BCUT2D eigenvalue weighted by Gasteiger charge is -2.16. The highest BCUT2D eigenvalue weighted by atomic mass is 32.2. The fourth-order valence-electron chi connectivity index (χ4n) is 4.64. The van der Waals surface area contributed by atoms with Gasteiger partial charge in [0, 0.05) is 42.4 Å². The molecule has 3 unspecified atom stereocenters. The second-order valence-corrected chi connectivity index (χ2v) is 11.4. The average Bonchev–Trinajstić information content (AvgIpc) is 3.52. The summed E-state index contributed by atoms with van der Waals surface area (Å²) in [5.74, 6) is 0.182. The van der Waals surface area contributed by atoms with Crippen LogP contribution in [-0.4, -0.2) is 119 Å². The number of allylic oxidation sites excluding steroid dienone is 1. The second kappa shape index (κ2) is 19.6. The molecule has 42 heavy (non-hydrogen) atoms. The lowest BCUT2D eigenvalue weighted by molar-refractivity contribution is -0.144. The second-order valence-electron chi connectivity index (χ2n) is 10.1. The molecule has 236 valence electrons. The monoisotopic (exact) mass is 613 g/mol. The first-order chi connectivity index (χ1) is 20.4. The predicted molar refractivity (Wildman–Crippen MR) is 153 cm³/mol. The maximum Gasteiger partial charge on any atom is 0.315 e. The number of rotatable bonds is 22. The summed E-state index contributed by atoms with van der Waals surface area (Å²) in [5.41, 5.74) is 0.238. The molecule has 3 rings (SSSR count). The number of Topliss-reactive ketones (excluding diaryl/α,β-unsaturated/α-hetero) is 1. The van der Waals surface area contributed by atoms with Crippen molar-refractivity contribution in [1.29, 1.82) is 0 Å². The van der Waals surface area contributed by atoms with E-state index in [0.717, 1.165) is 25.0 Å². The third-order valence-electron chi connectivity index (χ3n) is 6.90. The lowest BCUT2D eigenvalue weighted by Crippen LogP contribution is -2.36. The Labute approximate surface area is 250 Å². The Morgan fingerprint density at radius 3 is 2.29 bits per heavy atom. The molecule has 0 saturated carbocycles. The van der Waals surface area contributed by atoms with Crippen molar-refractivity contribution < 1.29 is 47.7 Å². The number of carbonyl (C=O) groups is 5. The molecular formula is C28H43N3O10S. The number of esters is 1. The Morgan fingerprint density at radius 1 is 0.857 bits per heavy atom. The molecule has 0 spiro atoms. The standard InChI is InChI=1S/C28H43N3O10S/c32-21-5-6-23(33)20(17-21)18-41-26(35)7-9-37-11-13-39-15-16-40-14-12-38-10-8-29-25(34)4-2-1-3-24-27-22(19-42-24)30-28(36)31-27/h17,22,24,27H,1-16,18-19H2,(H,29,34)(H2,30,31,36). The number of thioether (sulfide) groups is 1. The molecule has 0 radical (unpaired) electrons. The highest BCUT2D eigenvalue weighted by Crippen LogP contribution is 2.33. The van der Waals surface area contributed by atoms with Crippen molar-refractivity contribution in [3.63, 3.8) is 0 Å². The number of ketones is 2. The number of carbonyl (C=O) groups excluding carboxylic acids is 5. The van der Waals surface area contributed by atoms with Crippen LogP contribution in [-0.2, 0) is 42.9 Å². The predicted octanol–water partition coefficient (Wildman–Crippen LogP) is 0.687. The van der Waals surface area contributed by atoms with Crippen molar-refractivity contribution in [2.45, 2.75) is 62.3 Å². The molecule has 0 aromatic carbocycles. The zero-order valence-electron chi connectivity index (χ0n) is 24.0. The summed E-state index contributed by atoms with van der Waals surface area (Å²) in [6, 6.07) is 0.376. The Morgan fingerprint density at radius 2 is 1.55 bits per heavy atom. The smallest absolute Gasteiger partial charge is 0.315 e. The topological polar surface area (TPSA) is 168 Å². The molecule has 3 atom stereocenters. The van der Waals surface area contributed by atoms with Crippen LogP contribution in [0, 0.1) is 0 Å². The first-order valence-electron chi connectivity index (χ1n) is 14.6. The summed E-state index contributed by atoms with van der Waals surface area (Å²) in [6.07, 6.45) is 4.94. The van der Waals surface area contributed by atoms with E-state index >= 15 is 0 Å². The molecule has 0 aromatic heterocycles. The molecule has 14 heteroatoms. The molecule has 2 fully saturated rings. The summed E-state index contributed by atoms with van der Waals surface area (Å²) in [7, 11) is 0. The van der Waals surface area contributed by atoms with Gasteiger partial charge in [0.25, 0.3) is 0 Å². The molecule has 3 amide bonds. The van der Waals surface area contributed by atoms with E-state index in [2.05, 4.69) is 16.0 Å². The van der Waals surface area contributed by atoms with Gasteiger partial charge in [-0.05, 0) is 18.9 Å². The summed E-state index contributed by atoms with van der Waals surface area (Å²) in [6.45, 7) is 3.18. The van der Waals surface area contributed by atoms with Crippen LogP contribution < -0.4 is 16.0 Å². The highest BCUT2D eigenvalue weighted by Gasteiger charge is 2.42. The van der Waals surface area contributed by atoms with Gasteiger partial charge < -0.3 is 39.6 Å². The van der Waals surface area contributed by atoms with Crippen molar-refractivity contribution >= 4 is 41.2 Å². The number of fused-ring (bicyclic) bond motifs is 1. The third-order valence-corrected chi connectivity index (χ3v) is 8.40. The van der Waals surface area contributed by atoms with E-state index in [1.54, 1.807) is 0 Å². The van der Waals surface area contributed by atoms with Gasteiger partial charge in [-0.1, -0.05) is 6.42 Å². The number of amides is 3. The number of urea groups is 1. The van der Waals surface area contributed by atoms with E-state index in [4.69, 9.17) is 23.7 Å². The Bertz CT molecular complexity index is 947. The SMILES string of the molecule is O=C1C=C(COC(=O)CCOCCOCCOCCOCCNC(=O)CCCCC2SCC3NC(=O)NC32)C(=O)CC1. The fraction of sp³-hybridized carbons (Fsp3) is 0.750. The van der Waals surface area contributed by atoms with Crippen LogP contribution in [0.4, 0.5) is 4.79 Å². The van der Waals surface area contributed by atoms with Crippen LogP contribution >= 0.6 is 11.8 Å². The molecule has 2 heterocycles. The fourth-order valence-corrected chi connectivity index (χ4v) is 6.18. The zero-order valence-corrected chi connectivity index (χ0v) is 24.8. The van der Waals surface area contributed by atoms with Crippen LogP contribution in [0.2, 0.25) is 0 Å². The van der Waals surface area contributed by atoms with E-state index < -0.39 is 5.97 Å². The van der Waals surface area contributed by atoms with E-state index in [1.165, 1.54) is 6.08 Å². The van der Waals surface area contributed by atoms with Crippen molar-refractivity contribution in [2.75, 3.05) is 71.8 Å². The molecule has 2 saturated heterocycles. The molecule has 1 aliphatic carbocycles.